The van der Waals surface area contributed by atoms with Crippen LogP contribution in [0.5, 0.6) is 0 Å². The Balaban J connectivity index is 1.34. The molecule has 2 aromatic heterocycles. The molecule has 0 saturated carbocycles. The second-order valence-electron chi connectivity index (χ2n) is 11.2. The zero-order chi connectivity index (χ0) is 42.1. The fourth-order valence-corrected chi connectivity index (χ4v) is 6.95. The molecule has 0 atom stereocenters. The molecular formula is C45H29N3S. The van der Waals surface area contributed by atoms with Crippen molar-refractivity contribution in [1.82, 2.24) is 15.0 Å². The van der Waals surface area contributed by atoms with Crippen molar-refractivity contribution in [2.45, 2.75) is 0 Å². The predicted molar refractivity (Wildman–Crippen MR) is 205 cm³/mol. The summed E-state index contributed by atoms with van der Waals surface area (Å²) in [4.78, 5) is 14.7. The van der Waals surface area contributed by atoms with Crippen LogP contribution in [0.4, 0.5) is 0 Å². The third kappa shape index (κ3) is 5.48. The molecule has 0 fully saturated rings. The first-order valence-corrected chi connectivity index (χ1v) is 16.3. The molecule has 230 valence electrons. The Labute approximate surface area is 304 Å². The van der Waals surface area contributed by atoms with Gasteiger partial charge in [0.25, 0.3) is 0 Å². The molecular weight excluding hydrogens is 615 g/mol. The van der Waals surface area contributed by atoms with Crippen LogP contribution in [0.25, 0.3) is 87.7 Å². The lowest BCUT2D eigenvalue weighted by atomic mass is 10.0. The minimum Gasteiger partial charge on any atom is -0.208 e. The van der Waals surface area contributed by atoms with Gasteiger partial charge in [-0.2, -0.15) is 0 Å². The Morgan fingerprint density at radius 3 is 1.47 bits per heavy atom. The highest BCUT2D eigenvalue weighted by atomic mass is 32.1. The molecule has 0 N–H and O–H groups in total. The van der Waals surface area contributed by atoms with Gasteiger partial charge in [0.2, 0.25) is 0 Å². The van der Waals surface area contributed by atoms with Gasteiger partial charge in [0.05, 0.1) is 15.1 Å². The molecule has 0 saturated heterocycles. The van der Waals surface area contributed by atoms with Gasteiger partial charge in [-0.05, 0) is 39.4 Å². The van der Waals surface area contributed by atoms with Crippen molar-refractivity contribution in [2.24, 2.45) is 0 Å². The van der Waals surface area contributed by atoms with Crippen LogP contribution in [-0.2, 0) is 0 Å². The number of hydrogen-bond donors (Lipinski definition) is 0. The maximum atomic E-state index is 9.32. The van der Waals surface area contributed by atoms with Crippen LogP contribution in [0, 0.1) is 0 Å². The Morgan fingerprint density at radius 1 is 0.388 bits per heavy atom. The third-order valence-electron chi connectivity index (χ3n) is 8.23. The summed E-state index contributed by atoms with van der Waals surface area (Å²) in [6, 6.07) is 29.1. The summed E-state index contributed by atoms with van der Waals surface area (Å²) in [6.45, 7) is 0. The molecule has 0 bridgehead atoms. The van der Waals surface area contributed by atoms with E-state index in [0.717, 1.165) is 33.6 Å². The fourth-order valence-electron chi connectivity index (χ4n) is 5.83. The van der Waals surface area contributed by atoms with E-state index in [1.54, 1.807) is 0 Å². The number of nitrogens with zero attached hydrogens (tertiary/aromatic N) is 3. The second kappa shape index (κ2) is 12.4. The summed E-state index contributed by atoms with van der Waals surface area (Å²) in [5, 5.41) is 0.118. The van der Waals surface area contributed by atoms with Crippen LogP contribution in [0.1, 0.15) is 15.1 Å². The number of thiophene rings is 1. The van der Waals surface area contributed by atoms with E-state index in [1.807, 2.05) is 109 Å². The largest absolute Gasteiger partial charge is 0.208 e. The molecule has 0 amide bonds. The first-order chi connectivity index (χ1) is 28.8. The Kier molecular flexibility index (Phi) is 4.96. The summed E-state index contributed by atoms with van der Waals surface area (Å²) in [5.41, 5.74) is 4.69. The Bertz CT molecular complexity index is 3060. The van der Waals surface area contributed by atoms with E-state index >= 15 is 0 Å². The molecule has 0 radical (unpaired) electrons. The van der Waals surface area contributed by atoms with Crippen molar-refractivity contribution in [3.05, 3.63) is 176 Å². The van der Waals surface area contributed by atoms with E-state index in [1.165, 1.54) is 0 Å². The van der Waals surface area contributed by atoms with Gasteiger partial charge in [0, 0.05) is 36.9 Å². The molecule has 0 aliphatic rings. The lowest BCUT2D eigenvalue weighted by molar-refractivity contribution is 1.08. The first-order valence-electron chi connectivity index (χ1n) is 21.0. The first kappa shape index (κ1) is 19.6. The third-order valence-corrected chi connectivity index (χ3v) is 9.36. The monoisotopic (exact) mass is 654 g/mol. The molecule has 0 unspecified atom stereocenters. The average molecular weight is 655 g/mol. The lowest BCUT2D eigenvalue weighted by Crippen LogP contribution is -2.00. The second-order valence-corrected chi connectivity index (χ2v) is 12.2. The van der Waals surface area contributed by atoms with Crippen molar-refractivity contribution < 1.29 is 15.1 Å². The molecule has 7 aromatic carbocycles. The zero-order valence-electron chi connectivity index (χ0n) is 36.6. The van der Waals surface area contributed by atoms with Crippen LogP contribution >= 0.6 is 11.3 Å². The quantitative estimate of drug-likeness (QED) is 0.179. The minimum atomic E-state index is -0.635. The molecule has 2 heterocycles. The number of hydrogen-bond acceptors (Lipinski definition) is 4. The van der Waals surface area contributed by atoms with E-state index in [0.29, 0.717) is 11.1 Å². The maximum absolute atomic E-state index is 9.32. The average Bonchev–Trinajstić information content (AvgIpc) is 3.68. The highest BCUT2D eigenvalue weighted by molar-refractivity contribution is 7.26. The van der Waals surface area contributed by atoms with Crippen LogP contribution in [0.15, 0.2) is 176 Å². The molecule has 0 aliphatic heterocycles. The maximum Gasteiger partial charge on any atom is 0.164 e. The van der Waals surface area contributed by atoms with Gasteiger partial charge in [-0.25, -0.2) is 15.0 Å². The molecule has 4 heteroatoms. The van der Waals surface area contributed by atoms with Crippen molar-refractivity contribution in [2.75, 3.05) is 0 Å². The summed E-state index contributed by atoms with van der Waals surface area (Å²) >= 11 is 0.891. The van der Waals surface area contributed by atoms with Crippen LogP contribution in [0.3, 0.4) is 0 Å². The molecule has 0 spiro atoms. The number of rotatable bonds is 6. The van der Waals surface area contributed by atoms with Gasteiger partial charge in [0.15, 0.2) is 17.5 Å². The summed E-state index contributed by atoms with van der Waals surface area (Å²) in [7, 11) is 0. The number of aromatic nitrogens is 3. The molecule has 9 aromatic rings. The van der Waals surface area contributed by atoms with E-state index in [2.05, 4.69) is 0 Å². The van der Waals surface area contributed by atoms with Crippen molar-refractivity contribution in [1.29, 1.82) is 0 Å². The normalized spacial score (nSPS) is 14.4. The van der Waals surface area contributed by atoms with Crippen molar-refractivity contribution in [3.8, 4) is 67.5 Å². The highest BCUT2D eigenvalue weighted by Gasteiger charge is 2.18. The summed E-state index contributed by atoms with van der Waals surface area (Å²) < 4.78 is 96.9. The predicted octanol–water partition coefficient (Wildman–Crippen LogP) is 12.2. The zero-order valence-corrected chi connectivity index (χ0v) is 26.5. The topological polar surface area (TPSA) is 38.7 Å². The number of benzene rings is 7. The van der Waals surface area contributed by atoms with Gasteiger partial charge in [-0.1, -0.05) is 170 Å². The van der Waals surface area contributed by atoms with Crippen LogP contribution in [0.2, 0.25) is 0 Å². The van der Waals surface area contributed by atoms with Crippen LogP contribution in [-0.4, -0.2) is 15.0 Å². The Morgan fingerprint density at radius 2 is 0.878 bits per heavy atom. The fraction of sp³-hybridized carbons (Fsp3) is 0. The van der Waals surface area contributed by atoms with E-state index in [9.17, 15) is 2.74 Å². The van der Waals surface area contributed by atoms with Crippen molar-refractivity contribution in [3.63, 3.8) is 0 Å². The summed E-state index contributed by atoms with van der Waals surface area (Å²) in [6.07, 6.45) is 0. The van der Waals surface area contributed by atoms with E-state index in [4.69, 9.17) is 27.3 Å². The Hall–Kier alpha value is -6.23. The van der Waals surface area contributed by atoms with Gasteiger partial charge in [-0.3, -0.25) is 0 Å². The lowest BCUT2D eigenvalue weighted by Gasteiger charge is -2.11. The smallest absolute Gasteiger partial charge is 0.164 e. The molecule has 3 nitrogen and oxygen atoms in total. The van der Waals surface area contributed by atoms with E-state index in [-0.39, 0.29) is 60.4 Å². The summed E-state index contributed by atoms with van der Waals surface area (Å²) in [5.74, 6) is 0.453. The molecule has 0 aliphatic carbocycles. The number of fused-ring (bicyclic) bond motifs is 3. The highest BCUT2D eigenvalue weighted by Crippen LogP contribution is 2.43. The van der Waals surface area contributed by atoms with Gasteiger partial charge >= 0.3 is 0 Å². The van der Waals surface area contributed by atoms with Gasteiger partial charge in [-0.15, -0.1) is 11.3 Å². The van der Waals surface area contributed by atoms with Gasteiger partial charge in [0.1, 0.15) is 0 Å². The van der Waals surface area contributed by atoms with Gasteiger partial charge < -0.3 is 0 Å². The molecule has 9 rings (SSSR count). The van der Waals surface area contributed by atoms with Crippen molar-refractivity contribution >= 4 is 31.5 Å². The minimum absolute atomic E-state index is 0.0118. The molecule has 49 heavy (non-hydrogen) atoms. The SMILES string of the molecule is [2H]c1c([2H])c([2H])c(-c2c([2H])c([2H])c([2H])c3c2sc2c([2H])c([2H])c([2H])c(-c4nc(-c5ccc(-c6ccccc6)cc5)nc(-c5ccc(-c6ccccc6)cc5)n4)c23)c([2H])c1[2H]. The standard InChI is InChI=1S/C45H29N3S/c1-4-12-30(13-5-1)32-22-26-35(27-23-32)43-46-44(36-28-24-33(25-29-36)31-14-6-2-7-15-31)48-45(47-43)39-20-11-21-40-41(39)38-19-10-18-37(42(38)49-40)34-16-8-3-9-17-34/h1-29H/i3D,8D,9D,10D,11D,16D,17D,18D,19D,20D,21D. The van der Waals surface area contributed by atoms with Crippen LogP contribution < -0.4 is 0 Å². The van der Waals surface area contributed by atoms with E-state index < -0.39 is 60.4 Å².